The smallest absolute Gasteiger partial charge is 0.355 e. The van der Waals surface area contributed by atoms with Gasteiger partial charge in [0, 0.05) is 55.9 Å². The van der Waals surface area contributed by atoms with Crippen LogP contribution >= 0.6 is 0 Å². The number of nitrogens with one attached hydrogen (secondary N) is 1. The molecule has 10 nitrogen and oxygen atoms in total. The molecule has 2 aliphatic carbocycles. The molecule has 4 bridgehead atoms. The molecule has 4 aliphatic rings. The van der Waals surface area contributed by atoms with Crippen LogP contribution in [0.1, 0.15) is 37.2 Å². The molecule has 1 saturated carbocycles. The summed E-state index contributed by atoms with van der Waals surface area (Å²) in [7, 11) is 1.54. The minimum atomic E-state index is -1.41. The van der Waals surface area contributed by atoms with Crippen molar-refractivity contribution in [1.29, 1.82) is 0 Å². The highest BCUT2D eigenvalue weighted by Gasteiger charge is 2.69. The molecule has 3 unspecified atom stereocenters. The Kier molecular flexibility index (Phi) is 7.54. The molecule has 3 heterocycles. The maximum absolute atomic E-state index is 13.0. The van der Waals surface area contributed by atoms with Gasteiger partial charge in [-0.25, -0.2) is 9.59 Å². The van der Waals surface area contributed by atoms with Gasteiger partial charge in [-0.1, -0.05) is 25.2 Å². The fourth-order valence-electron chi connectivity index (χ4n) is 7.15. The molecule has 2 fully saturated rings. The van der Waals surface area contributed by atoms with E-state index in [1.54, 1.807) is 18.3 Å². The van der Waals surface area contributed by atoms with E-state index in [0.29, 0.717) is 5.69 Å². The number of ether oxygens (including phenoxy) is 4. The minimum absolute atomic E-state index is 0.0330. The van der Waals surface area contributed by atoms with Gasteiger partial charge in [-0.15, -0.1) is 0 Å². The molecular weight excluding hydrogens is 494 g/mol. The Morgan fingerprint density at radius 1 is 1.29 bits per heavy atom. The van der Waals surface area contributed by atoms with Crippen molar-refractivity contribution in [2.45, 2.75) is 62.8 Å². The quantitative estimate of drug-likeness (QED) is 0.316. The normalized spacial score (nSPS) is 43.5. The number of cyclic esters (lactones) is 1. The zero-order valence-electron chi connectivity index (χ0n) is 21.9. The van der Waals surface area contributed by atoms with Crippen LogP contribution in [0.4, 0.5) is 0 Å². The van der Waals surface area contributed by atoms with E-state index in [-0.39, 0.29) is 37.9 Å². The van der Waals surface area contributed by atoms with Crippen LogP contribution in [-0.4, -0.2) is 88.7 Å². The zero-order valence-corrected chi connectivity index (χ0v) is 21.9. The lowest BCUT2D eigenvalue weighted by atomic mass is 9.57. The van der Waals surface area contributed by atoms with Crippen molar-refractivity contribution in [3.63, 3.8) is 0 Å². The number of carbonyl (C=O) groups excluding carboxylic acids is 2. The summed E-state index contributed by atoms with van der Waals surface area (Å²) in [6, 6.07) is 3.33. The van der Waals surface area contributed by atoms with Gasteiger partial charge in [-0.2, -0.15) is 0 Å². The van der Waals surface area contributed by atoms with Gasteiger partial charge in [-0.05, 0) is 31.1 Å². The molecule has 208 valence electrons. The second kappa shape index (κ2) is 10.6. The van der Waals surface area contributed by atoms with Crippen molar-refractivity contribution in [3.8, 4) is 0 Å². The summed E-state index contributed by atoms with van der Waals surface area (Å²) in [6.07, 6.45) is 3.44. The highest BCUT2D eigenvalue weighted by molar-refractivity contribution is 5.87. The molecule has 0 aromatic carbocycles. The predicted molar refractivity (Wildman–Crippen MR) is 134 cm³/mol. The van der Waals surface area contributed by atoms with Crippen LogP contribution in [0.3, 0.4) is 0 Å². The number of aromatic nitrogens is 1. The van der Waals surface area contributed by atoms with Gasteiger partial charge in [-0.3, -0.25) is 0 Å². The first-order valence-electron chi connectivity index (χ1n) is 13.3. The second-order valence-corrected chi connectivity index (χ2v) is 11.0. The maximum Gasteiger partial charge on any atom is 0.355 e. The third-order valence-electron chi connectivity index (χ3n) is 8.86. The molecule has 0 radical (unpaired) electrons. The summed E-state index contributed by atoms with van der Waals surface area (Å²) < 4.78 is 23.9. The largest absolute Gasteiger partial charge is 0.460 e. The summed E-state index contributed by atoms with van der Waals surface area (Å²) >= 11 is 0. The maximum atomic E-state index is 13.0. The predicted octanol–water partition coefficient (Wildman–Crippen LogP) is 1.37. The summed E-state index contributed by atoms with van der Waals surface area (Å²) in [6.45, 7) is 3.81. The number of methoxy groups -OCH3 is 1. The van der Waals surface area contributed by atoms with Crippen LogP contribution in [0.2, 0.25) is 0 Å². The molecule has 1 spiro atoms. The van der Waals surface area contributed by atoms with Gasteiger partial charge in [0.1, 0.15) is 29.6 Å². The number of aliphatic hydroxyl groups is 3. The van der Waals surface area contributed by atoms with E-state index in [1.807, 2.05) is 32.1 Å². The van der Waals surface area contributed by atoms with Crippen LogP contribution in [-0.2, 0) is 23.7 Å². The topological polar surface area (TPSA) is 148 Å². The van der Waals surface area contributed by atoms with E-state index in [2.05, 4.69) is 4.98 Å². The highest BCUT2D eigenvalue weighted by Crippen LogP contribution is 2.61. The van der Waals surface area contributed by atoms with Crippen LogP contribution in [0.5, 0.6) is 0 Å². The molecule has 5 rings (SSSR count). The number of aromatic amines is 1. The van der Waals surface area contributed by atoms with Crippen LogP contribution in [0.25, 0.3) is 0 Å². The lowest BCUT2D eigenvalue weighted by Crippen LogP contribution is -2.58. The third-order valence-corrected chi connectivity index (χ3v) is 8.86. The molecule has 1 aromatic heterocycles. The lowest BCUT2D eigenvalue weighted by molar-refractivity contribution is -0.164. The average molecular weight is 532 g/mol. The number of aliphatic hydroxyl groups excluding tert-OH is 3. The van der Waals surface area contributed by atoms with Gasteiger partial charge in [0.05, 0.1) is 12.7 Å². The average Bonchev–Trinajstić information content (AvgIpc) is 3.49. The van der Waals surface area contributed by atoms with Crippen LogP contribution < -0.4 is 0 Å². The van der Waals surface area contributed by atoms with E-state index in [4.69, 9.17) is 18.9 Å². The second-order valence-electron chi connectivity index (χ2n) is 11.0. The number of hydrogen-bond acceptors (Lipinski definition) is 9. The summed E-state index contributed by atoms with van der Waals surface area (Å²) in [5, 5.41) is 32.2. The first-order valence-corrected chi connectivity index (χ1v) is 13.3. The monoisotopic (exact) mass is 531 g/mol. The number of carbonyl (C=O) groups is 2. The zero-order chi connectivity index (χ0) is 27.2. The number of esters is 2. The minimum Gasteiger partial charge on any atom is -0.460 e. The number of rotatable bonds is 6. The molecule has 0 amide bonds. The Hall–Kier alpha value is -2.50. The fraction of sp³-hybridized carbons (Fsp3) is 0.643. The molecular formula is C28H37NO9. The first kappa shape index (κ1) is 27.1. The molecule has 2 aliphatic heterocycles. The lowest BCUT2D eigenvalue weighted by Gasteiger charge is -2.49. The first-order chi connectivity index (χ1) is 18.2. The van der Waals surface area contributed by atoms with Crippen molar-refractivity contribution in [2.75, 3.05) is 20.3 Å². The molecule has 1 saturated heterocycles. The van der Waals surface area contributed by atoms with Crippen molar-refractivity contribution >= 4 is 11.9 Å². The molecule has 1 aromatic rings. The number of H-pyrrole nitrogens is 1. The van der Waals surface area contributed by atoms with E-state index < -0.39 is 65.8 Å². The molecule has 38 heavy (non-hydrogen) atoms. The van der Waals surface area contributed by atoms with Crippen molar-refractivity contribution in [3.05, 3.63) is 47.8 Å². The summed E-state index contributed by atoms with van der Waals surface area (Å²) in [5.41, 5.74) is 0.0988. The standard InChI is InChI=1S/C28H37NO9/c1-14-11-15(2)28-16(12-20(31)27(34)36-21(14)8-10-30)6-7-17-22(28)23(32)18(13-35-3)24(25(17)38-28)37-26(33)19-5-4-9-29-19/h4-7,9,11,14,16-18,20-25,29-32H,8,10,12-13H2,1-3H3/b15-11+/t14-,16-,17?,18-,20-,21?,22?,23-,24-,25-,28+/m1/s1. The summed E-state index contributed by atoms with van der Waals surface area (Å²) in [5.74, 6) is -3.23. The number of hydrogen-bond donors (Lipinski definition) is 4. The Morgan fingerprint density at radius 3 is 2.76 bits per heavy atom. The fourth-order valence-corrected chi connectivity index (χ4v) is 7.15. The molecule has 10 heteroatoms. The van der Waals surface area contributed by atoms with E-state index >= 15 is 0 Å². The van der Waals surface area contributed by atoms with Crippen molar-refractivity contribution in [2.24, 2.45) is 29.6 Å². The molecule has 11 atom stereocenters. The van der Waals surface area contributed by atoms with Crippen molar-refractivity contribution < 1.29 is 43.9 Å². The van der Waals surface area contributed by atoms with Gasteiger partial charge in [0.15, 0.2) is 6.10 Å². The van der Waals surface area contributed by atoms with Crippen LogP contribution in [0, 0.1) is 29.6 Å². The third kappa shape index (κ3) is 4.32. The Bertz CT molecular complexity index is 1080. The van der Waals surface area contributed by atoms with E-state index in [1.165, 1.54) is 7.11 Å². The molecule has 4 N–H and O–H groups in total. The Balaban J connectivity index is 1.58. The summed E-state index contributed by atoms with van der Waals surface area (Å²) in [4.78, 5) is 28.6. The van der Waals surface area contributed by atoms with Crippen LogP contribution in [0.15, 0.2) is 42.1 Å². The van der Waals surface area contributed by atoms with E-state index in [0.717, 1.165) is 5.57 Å². The Morgan fingerprint density at radius 2 is 2.08 bits per heavy atom. The highest BCUT2D eigenvalue weighted by atomic mass is 16.6. The van der Waals surface area contributed by atoms with Gasteiger partial charge in [0.2, 0.25) is 0 Å². The van der Waals surface area contributed by atoms with Crippen molar-refractivity contribution in [1.82, 2.24) is 4.98 Å². The van der Waals surface area contributed by atoms with Gasteiger partial charge >= 0.3 is 11.9 Å². The van der Waals surface area contributed by atoms with Gasteiger partial charge in [0.25, 0.3) is 0 Å². The van der Waals surface area contributed by atoms with Gasteiger partial charge < -0.3 is 39.3 Å². The SMILES string of the molecule is COC[C@H]1[C@@H](OC(=O)c2ccc[nH]2)[C@@H]2O[C@@]34/C(C)=C/[C@@H](C)C(CCO)OC(=O)[C@H](O)C[C@H]3C=CC2C4[C@@H]1O. The Labute approximate surface area is 221 Å². The van der Waals surface area contributed by atoms with E-state index in [9.17, 15) is 24.9 Å².